The van der Waals surface area contributed by atoms with E-state index in [0.717, 1.165) is 17.4 Å². The van der Waals surface area contributed by atoms with Crippen molar-refractivity contribution < 1.29 is 0 Å². The van der Waals surface area contributed by atoms with Gasteiger partial charge in [0.05, 0.1) is 0 Å². The van der Waals surface area contributed by atoms with E-state index in [9.17, 15) is 0 Å². The van der Waals surface area contributed by atoms with Crippen LogP contribution in [0.3, 0.4) is 0 Å². The number of aromatic nitrogens is 2. The first-order valence-corrected chi connectivity index (χ1v) is 4.79. The van der Waals surface area contributed by atoms with Crippen molar-refractivity contribution >= 4 is 5.82 Å². The summed E-state index contributed by atoms with van der Waals surface area (Å²) in [6.07, 6.45) is 4.14. The number of nitrogens with zero attached hydrogens (tertiary/aromatic N) is 2. The normalized spacial score (nSPS) is 26.6. The zero-order valence-electron chi connectivity index (χ0n) is 8.12. The Morgan fingerprint density at radius 3 is 2.77 bits per heavy atom. The molecule has 1 heterocycles. The molecule has 1 aliphatic rings. The highest BCUT2D eigenvalue weighted by Gasteiger charge is 2.25. The molecule has 1 fully saturated rings. The molecule has 0 unspecified atom stereocenters. The summed E-state index contributed by atoms with van der Waals surface area (Å²) in [4.78, 5) is 8.22. The van der Waals surface area contributed by atoms with Crippen molar-refractivity contribution in [2.24, 2.45) is 5.92 Å². The number of hydrogen-bond acceptors (Lipinski definition) is 3. The average molecular weight is 177 g/mol. The van der Waals surface area contributed by atoms with Gasteiger partial charge in [-0.1, -0.05) is 6.92 Å². The van der Waals surface area contributed by atoms with E-state index in [1.165, 1.54) is 12.8 Å². The Labute approximate surface area is 78.6 Å². The number of hydrogen-bond donors (Lipinski definition) is 1. The Balaban J connectivity index is 1.94. The molecule has 0 aromatic carbocycles. The third kappa shape index (κ3) is 1.97. The molecule has 70 valence electrons. The lowest BCUT2D eigenvalue weighted by molar-refractivity contribution is 0.308. The second-order valence-corrected chi connectivity index (χ2v) is 3.96. The Bertz CT molecular complexity index is 292. The summed E-state index contributed by atoms with van der Waals surface area (Å²) in [5.74, 6) is 1.84. The van der Waals surface area contributed by atoms with Crippen molar-refractivity contribution in [3.63, 3.8) is 0 Å². The number of anilines is 1. The van der Waals surface area contributed by atoms with E-state index in [-0.39, 0.29) is 0 Å². The third-order valence-corrected chi connectivity index (χ3v) is 2.53. The monoisotopic (exact) mass is 177 g/mol. The van der Waals surface area contributed by atoms with Gasteiger partial charge in [0, 0.05) is 17.8 Å². The minimum atomic E-state index is 0.629. The van der Waals surface area contributed by atoms with Crippen LogP contribution < -0.4 is 5.32 Å². The van der Waals surface area contributed by atoms with Gasteiger partial charge in [0.25, 0.3) is 0 Å². The van der Waals surface area contributed by atoms with Gasteiger partial charge in [0.1, 0.15) is 12.1 Å². The topological polar surface area (TPSA) is 37.8 Å². The second kappa shape index (κ2) is 3.32. The van der Waals surface area contributed by atoms with E-state index in [0.29, 0.717) is 6.04 Å². The molecule has 0 radical (unpaired) electrons. The van der Waals surface area contributed by atoms with E-state index in [1.807, 2.05) is 13.0 Å². The zero-order chi connectivity index (χ0) is 9.26. The summed E-state index contributed by atoms with van der Waals surface area (Å²) >= 11 is 0. The summed E-state index contributed by atoms with van der Waals surface area (Å²) < 4.78 is 0. The molecule has 1 N–H and O–H groups in total. The smallest absolute Gasteiger partial charge is 0.129 e. The molecular weight excluding hydrogens is 162 g/mol. The molecule has 0 aliphatic heterocycles. The summed E-state index contributed by atoms with van der Waals surface area (Å²) in [5.41, 5.74) is 1.02. The van der Waals surface area contributed by atoms with Crippen LogP contribution in [0.25, 0.3) is 0 Å². The number of aryl methyl sites for hydroxylation is 1. The maximum atomic E-state index is 4.16. The zero-order valence-corrected chi connectivity index (χ0v) is 8.12. The number of nitrogens with one attached hydrogen (secondary N) is 1. The lowest BCUT2D eigenvalue weighted by Crippen LogP contribution is -2.34. The quantitative estimate of drug-likeness (QED) is 0.750. The van der Waals surface area contributed by atoms with Crippen LogP contribution in [-0.2, 0) is 0 Å². The fourth-order valence-corrected chi connectivity index (χ4v) is 1.76. The van der Waals surface area contributed by atoms with Crippen LogP contribution in [-0.4, -0.2) is 16.0 Å². The SMILES string of the molecule is Cc1cc(NC2CC(C)C2)ncn1. The fraction of sp³-hybridized carbons (Fsp3) is 0.600. The van der Waals surface area contributed by atoms with Crippen LogP contribution >= 0.6 is 0 Å². The van der Waals surface area contributed by atoms with E-state index in [1.54, 1.807) is 6.33 Å². The van der Waals surface area contributed by atoms with Gasteiger partial charge in [-0.3, -0.25) is 0 Å². The second-order valence-electron chi connectivity index (χ2n) is 3.96. The van der Waals surface area contributed by atoms with Gasteiger partial charge >= 0.3 is 0 Å². The third-order valence-electron chi connectivity index (χ3n) is 2.53. The molecule has 0 bridgehead atoms. The van der Waals surface area contributed by atoms with Crippen molar-refractivity contribution in [2.75, 3.05) is 5.32 Å². The van der Waals surface area contributed by atoms with Crippen molar-refractivity contribution in [3.05, 3.63) is 18.1 Å². The van der Waals surface area contributed by atoms with Gasteiger partial charge < -0.3 is 5.32 Å². The molecule has 2 rings (SSSR count). The molecule has 1 saturated carbocycles. The summed E-state index contributed by atoms with van der Waals surface area (Å²) in [6.45, 7) is 4.26. The van der Waals surface area contributed by atoms with Crippen LogP contribution in [0.2, 0.25) is 0 Å². The van der Waals surface area contributed by atoms with Gasteiger partial charge in [-0.25, -0.2) is 9.97 Å². The molecule has 1 aromatic heterocycles. The summed E-state index contributed by atoms with van der Waals surface area (Å²) in [5, 5.41) is 3.40. The number of rotatable bonds is 2. The van der Waals surface area contributed by atoms with E-state index >= 15 is 0 Å². The van der Waals surface area contributed by atoms with Gasteiger partial charge in [-0.05, 0) is 25.7 Å². The molecule has 3 nitrogen and oxygen atoms in total. The minimum absolute atomic E-state index is 0.629. The predicted octanol–water partition coefficient (Wildman–Crippen LogP) is 2.00. The van der Waals surface area contributed by atoms with Gasteiger partial charge in [-0.15, -0.1) is 0 Å². The predicted molar refractivity (Wildman–Crippen MR) is 52.6 cm³/mol. The van der Waals surface area contributed by atoms with E-state index < -0.39 is 0 Å². The van der Waals surface area contributed by atoms with Crippen molar-refractivity contribution in [2.45, 2.75) is 32.7 Å². The van der Waals surface area contributed by atoms with Crippen LogP contribution in [0, 0.1) is 12.8 Å². The van der Waals surface area contributed by atoms with Crippen molar-refractivity contribution in [1.29, 1.82) is 0 Å². The molecule has 0 saturated heterocycles. The van der Waals surface area contributed by atoms with Crippen LogP contribution in [0.1, 0.15) is 25.5 Å². The van der Waals surface area contributed by atoms with Gasteiger partial charge in [0.2, 0.25) is 0 Å². The molecule has 0 spiro atoms. The molecule has 0 atom stereocenters. The molecule has 1 aromatic rings. The Hall–Kier alpha value is -1.12. The van der Waals surface area contributed by atoms with Gasteiger partial charge in [0.15, 0.2) is 0 Å². The Morgan fingerprint density at radius 1 is 1.38 bits per heavy atom. The highest BCUT2D eigenvalue weighted by Crippen LogP contribution is 2.28. The van der Waals surface area contributed by atoms with Crippen LogP contribution in [0.5, 0.6) is 0 Å². The lowest BCUT2D eigenvalue weighted by atomic mass is 9.82. The van der Waals surface area contributed by atoms with E-state index in [4.69, 9.17) is 0 Å². The first-order valence-electron chi connectivity index (χ1n) is 4.79. The molecule has 1 aliphatic carbocycles. The average Bonchev–Trinajstić information content (AvgIpc) is 2.01. The van der Waals surface area contributed by atoms with Crippen molar-refractivity contribution in [3.8, 4) is 0 Å². The van der Waals surface area contributed by atoms with Crippen LogP contribution in [0.4, 0.5) is 5.82 Å². The minimum Gasteiger partial charge on any atom is -0.367 e. The molecular formula is C10H15N3. The van der Waals surface area contributed by atoms with Gasteiger partial charge in [-0.2, -0.15) is 0 Å². The van der Waals surface area contributed by atoms with E-state index in [2.05, 4.69) is 22.2 Å². The summed E-state index contributed by atoms with van der Waals surface area (Å²) in [7, 11) is 0. The molecule has 3 heteroatoms. The summed E-state index contributed by atoms with van der Waals surface area (Å²) in [6, 6.07) is 2.62. The lowest BCUT2D eigenvalue weighted by Gasteiger charge is -2.33. The Morgan fingerprint density at radius 2 is 2.15 bits per heavy atom. The standard InChI is InChI=1S/C10H15N3/c1-7-3-9(4-7)13-10-5-8(2)11-6-12-10/h5-7,9H,3-4H2,1-2H3,(H,11,12,13). The highest BCUT2D eigenvalue weighted by molar-refractivity contribution is 5.36. The highest BCUT2D eigenvalue weighted by atomic mass is 15.0. The van der Waals surface area contributed by atoms with Crippen molar-refractivity contribution in [1.82, 2.24) is 9.97 Å². The molecule has 0 amide bonds. The van der Waals surface area contributed by atoms with Crippen LogP contribution in [0.15, 0.2) is 12.4 Å². The molecule has 13 heavy (non-hydrogen) atoms. The largest absolute Gasteiger partial charge is 0.367 e. The first-order chi connectivity index (χ1) is 6.24. The maximum absolute atomic E-state index is 4.16. The first kappa shape index (κ1) is 8.48. The maximum Gasteiger partial charge on any atom is 0.129 e. The fourth-order valence-electron chi connectivity index (χ4n) is 1.76. The Kier molecular flexibility index (Phi) is 2.17.